The number of methoxy groups -OCH3 is 1. The van der Waals surface area contributed by atoms with Crippen LogP contribution < -0.4 is 9.47 Å². The fraction of sp³-hybridized carbons (Fsp3) is 0.174. The molecule has 0 unspecified atom stereocenters. The molecule has 0 saturated carbocycles. The summed E-state index contributed by atoms with van der Waals surface area (Å²) in [7, 11) is -2.62. The van der Waals surface area contributed by atoms with E-state index in [2.05, 4.69) is 0 Å². The molecular formula is C23H21FO6S. The molecule has 3 aromatic carbocycles. The lowest BCUT2D eigenvalue weighted by atomic mass is 10.1. The van der Waals surface area contributed by atoms with Gasteiger partial charge in [-0.25, -0.2) is 12.8 Å². The molecular weight excluding hydrogens is 423 g/mol. The lowest BCUT2D eigenvalue weighted by Crippen LogP contribution is -2.06. The van der Waals surface area contributed by atoms with Gasteiger partial charge in [-0.2, -0.15) is 0 Å². The summed E-state index contributed by atoms with van der Waals surface area (Å²) >= 11 is 0. The van der Waals surface area contributed by atoms with E-state index in [1.807, 2.05) is 0 Å². The second kappa shape index (κ2) is 9.18. The third-order valence-electron chi connectivity index (χ3n) is 4.55. The normalized spacial score (nSPS) is 11.2. The van der Waals surface area contributed by atoms with Crippen LogP contribution in [-0.4, -0.2) is 33.2 Å². The molecule has 162 valence electrons. The van der Waals surface area contributed by atoms with E-state index in [9.17, 15) is 17.6 Å². The van der Waals surface area contributed by atoms with E-state index in [1.54, 1.807) is 25.1 Å². The van der Waals surface area contributed by atoms with Crippen LogP contribution in [0.5, 0.6) is 11.5 Å². The molecule has 0 radical (unpaired) electrons. The maximum atomic E-state index is 14.1. The largest absolute Gasteiger partial charge is 0.494 e. The van der Waals surface area contributed by atoms with Gasteiger partial charge in [0.25, 0.3) is 0 Å². The second-order valence-electron chi connectivity index (χ2n) is 6.70. The first-order valence-corrected chi connectivity index (χ1v) is 10.9. The van der Waals surface area contributed by atoms with Gasteiger partial charge >= 0.3 is 5.97 Å². The summed E-state index contributed by atoms with van der Waals surface area (Å²) in [5.74, 6) is -1.28. The first-order valence-electron chi connectivity index (χ1n) is 9.42. The fourth-order valence-electron chi connectivity index (χ4n) is 3.14. The lowest BCUT2D eigenvalue weighted by Gasteiger charge is -2.12. The summed E-state index contributed by atoms with van der Waals surface area (Å²) in [5.41, 5.74) is 1.31. The van der Waals surface area contributed by atoms with Gasteiger partial charge in [-0.05, 0) is 66.1 Å². The molecule has 0 amide bonds. The minimum atomic E-state index is -3.98. The van der Waals surface area contributed by atoms with Crippen LogP contribution in [0.1, 0.15) is 12.5 Å². The predicted octanol–water partition coefficient (Wildman–Crippen LogP) is 4.36. The SMILES string of the molecule is CCOc1cc(CC(=O)O)cc(S(=O)(=O)c2cccc(-c3ccc(OC)c(F)c3)c2)c1. The number of benzene rings is 3. The molecule has 0 spiro atoms. The zero-order valence-electron chi connectivity index (χ0n) is 17.0. The number of hydrogen-bond acceptors (Lipinski definition) is 5. The van der Waals surface area contributed by atoms with Crippen molar-refractivity contribution >= 4 is 15.8 Å². The van der Waals surface area contributed by atoms with Gasteiger partial charge < -0.3 is 14.6 Å². The van der Waals surface area contributed by atoms with Crippen LogP contribution in [0.4, 0.5) is 4.39 Å². The minimum absolute atomic E-state index is 0.00357. The van der Waals surface area contributed by atoms with E-state index in [0.717, 1.165) is 0 Å². The Morgan fingerprint density at radius 2 is 1.74 bits per heavy atom. The Balaban J connectivity index is 2.06. The number of hydrogen-bond donors (Lipinski definition) is 1. The Kier molecular flexibility index (Phi) is 6.60. The molecule has 0 aliphatic rings. The number of sulfone groups is 1. The van der Waals surface area contributed by atoms with Crippen LogP contribution in [0.15, 0.2) is 70.5 Å². The maximum absolute atomic E-state index is 14.1. The van der Waals surface area contributed by atoms with Crippen LogP contribution in [0.3, 0.4) is 0 Å². The molecule has 3 rings (SSSR count). The number of carboxylic acid groups (broad SMARTS) is 1. The molecule has 0 bridgehead atoms. The third-order valence-corrected chi connectivity index (χ3v) is 6.28. The van der Waals surface area contributed by atoms with Gasteiger partial charge in [0.15, 0.2) is 11.6 Å². The first-order chi connectivity index (χ1) is 14.7. The summed E-state index contributed by atoms with van der Waals surface area (Å²) in [4.78, 5) is 11.0. The highest BCUT2D eigenvalue weighted by Crippen LogP contribution is 2.31. The standard InChI is InChI=1S/C23H21FO6S/c1-3-30-18-9-15(11-23(25)26)10-20(14-18)31(27,28)19-6-4-5-16(12-19)17-7-8-22(29-2)21(24)13-17/h4-10,12-14H,3,11H2,1-2H3,(H,25,26). The number of rotatable bonds is 8. The monoisotopic (exact) mass is 444 g/mol. The van der Waals surface area contributed by atoms with Crippen LogP contribution in [0, 0.1) is 5.82 Å². The van der Waals surface area contributed by atoms with Crippen molar-refractivity contribution < 1.29 is 32.2 Å². The van der Waals surface area contributed by atoms with E-state index >= 15 is 0 Å². The van der Waals surface area contributed by atoms with E-state index in [4.69, 9.17) is 14.6 Å². The molecule has 3 aromatic rings. The molecule has 0 fully saturated rings. The number of carbonyl (C=O) groups is 1. The van der Waals surface area contributed by atoms with Crippen molar-refractivity contribution in [3.63, 3.8) is 0 Å². The molecule has 0 aliphatic carbocycles. The maximum Gasteiger partial charge on any atom is 0.307 e. The number of aliphatic carboxylic acids is 1. The molecule has 0 aliphatic heterocycles. The molecule has 0 heterocycles. The average Bonchev–Trinajstić information content (AvgIpc) is 2.73. The Labute approximate surface area is 179 Å². The van der Waals surface area contributed by atoms with Crippen molar-refractivity contribution in [1.29, 1.82) is 0 Å². The summed E-state index contributed by atoms with van der Waals surface area (Å²) < 4.78 is 51.0. The van der Waals surface area contributed by atoms with Crippen LogP contribution in [-0.2, 0) is 21.1 Å². The molecule has 31 heavy (non-hydrogen) atoms. The topological polar surface area (TPSA) is 89.9 Å². The number of ether oxygens (including phenoxy) is 2. The number of halogens is 1. The van der Waals surface area contributed by atoms with Crippen LogP contribution >= 0.6 is 0 Å². The Morgan fingerprint density at radius 3 is 2.39 bits per heavy atom. The molecule has 0 aromatic heterocycles. The summed E-state index contributed by atoms with van der Waals surface area (Å²) in [6, 6.07) is 14.7. The van der Waals surface area contributed by atoms with Gasteiger partial charge in [0, 0.05) is 0 Å². The molecule has 8 heteroatoms. The lowest BCUT2D eigenvalue weighted by molar-refractivity contribution is -0.136. The van der Waals surface area contributed by atoms with Gasteiger partial charge in [0.1, 0.15) is 5.75 Å². The molecule has 1 N–H and O–H groups in total. The van der Waals surface area contributed by atoms with E-state index in [-0.39, 0.29) is 27.7 Å². The average molecular weight is 444 g/mol. The predicted molar refractivity (Wildman–Crippen MR) is 113 cm³/mol. The Hall–Kier alpha value is -3.39. The van der Waals surface area contributed by atoms with E-state index in [1.165, 1.54) is 49.6 Å². The highest BCUT2D eigenvalue weighted by atomic mass is 32.2. The summed E-state index contributed by atoms with van der Waals surface area (Å²) in [6.07, 6.45) is -0.339. The quantitative estimate of drug-likeness (QED) is 0.555. The van der Waals surface area contributed by atoms with Crippen molar-refractivity contribution in [2.75, 3.05) is 13.7 Å². The van der Waals surface area contributed by atoms with E-state index < -0.39 is 21.6 Å². The van der Waals surface area contributed by atoms with Crippen molar-refractivity contribution in [3.8, 4) is 22.6 Å². The minimum Gasteiger partial charge on any atom is -0.494 e. The Morgan fingerprint density at radius 1 is 1.00 bits per heavy atom. The second-order valence-corrected chi connectivity index (χ2v) is 8.65. The van der Waals surface area contributed by atoms with Gasteiger partial charge in [-0.1, -0.05) is 18.2 Å². The fourth-order valence-corrected chi connectivity index (χ4v) is 4.53. The van der Waals surface area contributed by atoms with Gasteiger partial charge in [-0.15, -0.1) is 0 Å². The van der Waals surface area contributed by atoms with Crippen LogP contribution in [0.25, 0.3) is 11.1 Å². The highest BCUT2D eigenvalue weighted by Gasteiger charge is 2.21. The van der Waals surface area contributed by atoms with Crippen molar-refractivity contribution in [2.45, 2.75) is 23.1 Å². The third kappa shape index (κ3) is 5.03. The van der Waals surface area contributed by atoms with Crippen molar-refractivity contribution in [3.05, 3.63) is 72.0 Å². The molecule has 0 saturated heterocycles. The van der Waals surface area contributed by atoms with Gasteiger partial charge in [0.05, 0.1) is 29.9 Å². The summed E-state index contributed by atoms with van der Waals surface area (Å²) in [5, 5.41) is 9.09. The summed E-state index contributed by atoms with van der Waals surface area (Å²) in [6.45, 7) is 2.05. The van der Waals surface area contributed by atoms with Crippen molar-refractivity contribution in [1.82, 2.24) is 0 Å². The van der Waals surface area contributed by atoms with Crippen molar-refractivity contribution in [2.24, 2.45) is 0 Å². The van der Waals surface area contributed by atoms with Gasteiger partial charge in [0.2, 0.25) is 9.84 Å². The zero-order chi connectivity index (χ0) is 22.6. The highest BCUT2D eigenvalue weighted by molar-refractivity contribution is 7.91. The Bertz CT molecular complexity index is 1220. The number of carboxylic acids is 1. The molecule has 6 nitrogen and oxygen atoms in total. The zero-order valence-corrected chi connectivity index (χ0v) is 17.8. The smallest absolute Gasteiger partial charge is 0.307 e. The molecule has 0 atom stereocenters. The van der Waals surface area contributed by atoms with Crippen LogP contribution in [0.2, 0.25) is 0 Å². The first kappa shape index (κ1) is 22.3. The van der Waals surface area contributed by atoms with E-state index in [0.29, 0.717) is 23.3 Å². The van der Waals surface area contributed by atoms with Gasteiger partial charge in [-0.3, -0.25) is 4.79 Å².